The van der Waals surface area contributed by atoms with E-state index in [0.717, 1.165) is 69.0 Å². The van der Waals surface area contributed by atoms with Crippen molar-refractivity contribution in [3.05, 3.63) is 65.2 Å². The van der Waals surface area contributed by atoms with E-state index >= 15 is 4.39 Å². The molecule has 2 aromatic rings. The number of benzene rings is 2. The van der Waals surface area contributed by atoms with Crippen LogP contribution in [0.3, 0.4) is 0 Å². The fraction of sp³-hybridized carbons (Fsp3) is 0.618. The molecule has 0 aliphatic heterocycles. The summed E-state index contributed by atoms with van der Waals surface area (Å²) in [4.78, 5) is 14.5. The van der Waals surface area contributed by atoms with Gasteiger partial charge in [0.25, 0.3) is 0 Å². The highest BCUT2D eigenvalue weighted by Gasteiger charge is 2.59. The van der Waals surface area contributed by atoms with Gasteiger partial charge in [-0.05, 0) is 90.5 Å². The zero-order valence-electron chi connectivity index (χ0n) is 23.7. The number of phenols is 1. The molecule has 212 valence electrons. The first kappa shape index (κ1) is 28.1. The molecule has 5 heteroatoms. The number of hydrogen-bond donors (Lipinski definition) is 2. The molecule has 6 unspecified atom stereocenters. The maximum absolute atomic E-state index is 15.9. The maximum atomic E-state index is 15.9. The zero-order valence-corrected chi connectivity index (χ0v) is 23.7. The van der Waals surface area contributed by atoms with Gasteiger partial charge in [-0.15, -0.1) is 0 Å². The molecule has 0 bridgehead atoms. The van der Waals surface area contributed by atoms with Gasteiger partial charge in [0, 0.05) is 25.4 Å². The number of halogens is 1. The van der Waals surface area contributed by atoms with Crippen molar-refractivity contribution in [3.8, 4) is 5.75 Å². The minimum atomic E-state index is -0.957. The Morgan fingerprint density at radius 2 is 1.85 bits per heavy atom. The van der Waals surface area contributed by atoms with E-state index in [4.69, 9.17) is 0 Å². The molecule has 2 fully saturated rings. The van der Waals surface area contributed by atoms with Crippen molar-refractivity contribution in [2.75, 3.05) is 6.54 Å². The largest absolute Gasteiger partial charge is 0.508 e. The first-order chi connectivity index (χ1) is 18.8. The first-order valence-electron chi connectivity index (χ1n) is 15.3. The molecule has 7 atom stereocenters. The second kappa shape index (κ2) is 12.0. The minimum Gasteiger partial charge on any atom is -0.508 e. The van der Waals surface area contributed by atoms with Crippen molar-refractivity contribution in [3.63, 3.8) is 0 Å². The summed E-state index contributed by atoms with van der Waals surface area (Å²) in [5.74, 6) is 1.30. The molecule has 0 heterocycles. The molecule has 0 aromatic heterocycles. The zero-order chi connectivity index (χ0) is 27.6. The highest BCUT2D eigenvalue weighted by atomic mass is 19.1. The standard InChI is InChI=1S/C34H46FNO3/c1-3-31(39)36(22-23-11-7-6-8-12-23)18-10-5-4-9-13-24-19-25-20-26(37)14-15-27(25)33-29(35)21-34(2)28(32(24)33)16-17-30(34)38/h6-8,11-12,14-15,20,24,28-30,32-33,37-38H,3-5,9-10,13,16-19,21-22H2,1-2H3/t24?,28?,29?,30?,32?,33?,34-/m0/s1. The molecule has 4 nitrogen and oxygen atoms in total. The third kappa shape index (κ3) is 5.75. The van der Waals surface area contributed by atoms with Crippen LogP contribution in [0.1, 0.15) is 94.2 Å². The fourth-order valence-corrected chi connectivity index (χ4v) is 8.42. The molecule has 0 radical (unpaired) electrons. The number of aliphatic hydroxyl groups excluding tert-OH is 1. The van der Waals surface area contributed by atoms with Gasteiger partial charge >= 0.3 is 0 Å². The molecule has 0 spiro atoms. The van der Waals surface area contributed by atoms with E-state index in [1.165, 1.54) is 5.56 Å². The molecule has 5 rings (SSSR count). The number of nitrogens with zero attached hydrogens (tertiary/aromatic N) is 1. The van der Waals surface area contributed by atoms with Crippen LogP contribution in [0.4, 0.5) is 4.39 Å². The van der Waals surface area contributed by atoms with Crippen molar-refractivity contribution >= 4 is 5.91 Å². The number of carbonyl (C=O) groups excluding carboxylic acids is 1. The Morgan fingerprint density at radius 1 is 1.08 bits per heavy atom. The Balaban J connectivity index is 1.21. The van der Waals surface area contributed by atoms with E-state index in [2.05, 4.69) is 19.1 Å². The van der Waals surface area contributed by atoms with E-state index in [1.54, 1.807) is 6.07 Å². The number of carbonyl (C=O) groups is 1. The number of phenolic OH excluding ortho intramolecular Hbond substituents is 1. The summed E-state index contributed by atoms with van der Waals surface area (Å²) < 4.78 is 15.9. The van der Waals surface area contributed by atoms with Gasteiger partial charge in [-0.25, -0.2) is 4.39 Å². The van der Waals surface area contributed by atoms with E-state index < -0.39 is 12.3 Å². The Labute approximate surface area is 233 Å². The van der Waals surface area contributed by atoms with Gasteiger partial charge < -0.3 is 15.1 Å². The lowest BCUT2D eigenvalue weighted by molar-refractivity contribution is -0.131. The fourth-order valence-electron chi connectivity index (χ4n) is 8.42. The SMILES string of the molecule is CCC(=O)N(CCCCCCC1Cc2cc(O)ccc2C2C(F)C[C@]3(C)C(O)CCC3C12)Cc1ccccc1. The normalized spacial score (nSPS) is 31.3. The van der Waals surface area contributed by atoms with Gasteiger partial charge in [0.2, 0.25) is 5.91 Å². The molecule has 39 heavy (non-hydrogen) atoms. The predicted molar refractivity (Wildman–Crippen MR) is 153 cm³/mol. The summed E-state index contributed by atoms with van der Waals surface area (Å²) in [5, 5.41) is 21.0. The van der Waals surface area contributed by atoms with Crippen LogP contribution >= 0.6 is 0 Å². The molecule has 1 amide bonds. The van der Waals surface area contributed by atoms with Gasteiger partial charge in [-0.2, -0.15) is 0 Å². The van der Waals surface area contributed by atoms with Gasteiger partial charge in [-0.3, -0.25) is 4.79 Å². The van der Waals surface area contributed by atoms with E-state index in [1.807, 2.05) is 42.2 Å². The summed E-state index contributed by atoms with van der Waals surface area (Å²) >= 11 is 0. The summed E-state index contributed by atoms with van der Waals surface area (Å²) in [5.41, 5.74) is 3.03. The lowest BCUT2D eigenvalue weighted by Gasteiger charge is -2.54. The number of amides is 1. The van der Waals surface area contributed by atoms with E-state index in [9.17, 15) is 15.0 Å². The summed E-state index contributed by atoms with van der Waals surface area (Å²) in [6, 6.07) is 15.7. The first-order valence-corrected chi connectivity index (χ1v) is 15.3. The quantitative estimate of drug-likeness (QED) is 0.317. The molecule has 2 N–H and O–H groups in total. The van der Waals surface area contributed by atoms with Crippen molar-refractivity contribution in [2.24, 2.45) is 23.2 Å². The third-order valence-corrected chi connectivity index (χ3v) is 10.4. The highest BCUT2D eigenvalue weighted by Crippen LogP contribution is 2.63. The predicted octanol–water partition coefficient (Wildman–Crippen LogP) is 7.17. The second-order valence-corrected chi connectivity index (χ2v) is 12.7. The van der Waals surface area contributed by atoms with Crippen LogP contribution in [-0.2, 0) is 17.8 Å². The van der Waals surface area contributed by atoms with Crippen LogP contribution in [0.15, 0.2) is 48.5 Å². The number of aromatic hydroxyl groups is 1. The van der Waals surface area contributed by atoms with Gasteiger partial charge in [0.15, 0.2) is 0 Å². The van der Waals surface area contributed by atoms with Crippen LogP contribution in [0.2, 0.25) is 0 Å². The maximum Gasteiger partial charge on any atom is 0.222 e. The summed E-state index contributed by atoms with van der Waals surface area (Å²) in [6.45, 7) is 5.50. The molecule has 2 aromatic carbocycles. The molecule has 3 aliphatic carbocycles. The lowest BCUT2D eigenvalue weighted by Crippen LogP contribution is -2.51. The second-order valence-electron chi connectivity index (χ2n) is 12.7. The minimum absolute atomic E-state index is 0.130. The number of unbranched alkanes of at least 4 members (excludes halogenated alkanes) is 3. The average Bonchev–Trinajstić information content (AvgIpc) is 3.22. The molecule has 3 aliphatic rings. The third-order valence-electron chi connectivity index (χ3n) is 10.4. The Morgan fingerprint density at radius 3 is 2.62 bits per heavy atom. The molecule has 0 saturated heterocycles. The number of hydrogen-bond acceptors (Lipinski definition) is 3. The van der Waals surface area contributed by atoms with Gasteiger partial charge in [0.05, 0.1) is 6.10 Å². The monoisotopic (exact) mass is 535 g/mol. The lowest BCUT2D eigenvalue weighted by atomic mass is 9.51. The van der Waals surface area contributed by atoms with Crippen molar-refractivity contribution in [2.45, 2.75) is 103 Å². The van der Waals surface area contributed by atoms with E-state index in [0.29, 0.717) is 31.2 Å². The molecular formula is C34H46FNO3. The van der Waals surface area contributed by atoms with Crippen LogP contribution < -0.4 is 0 Å². The number of rotatable bonds is 10. The Hall–Kier alpha value is -2.40. The van der Waals surface area contributed by atoms with Crippen molar-refractivity contribution in [1.82, 2.24) is 4.90 Å². The number of aliphatic hydroxyl groups is 1. The Bertz CT molecular complexity index is 1120. The summed E-state index contributed by atoms with van der Waals surface area (Å²) in [7, 11) is 0. The van der Waals surface area contributed by atoms with Gasteiger partial charge in [-0.1, -0.05) is 69.5 Å². The topological polar surface area (TPSA) is 60.8 Å². The smallest absolute Gasteiger partial charge is 0.222 e. The van der Waals surface area contributed by atoms with Crippen LogP contribution in [0, 0.1) is 23.2 Å². The van der Waals surface area contributed by atoms with Crippen LogP contribution in [0.25, 0.3) is 0 Å². The molecule has 2 saturated carbocycles. The van der Waals surface area contributed by atoms with Crippen LogP contribution in [-0.4, -0.2) is 39.8 Å². The highest BCUT2D eigenvalue weighted by molar-refractivity contribution is 5.75. The van der Waals surface area contributed by atoms with Crippen molar-refractivity contribution in [1.29, 1.82) is 0 Å². The number of alkyl halides is 1. The average molecular weight is 536 g/mol. The van der Waals surface area contributed by atoms with E-state index in [-0.39, 0.29) is 28.9 Å². The molecular weight excluding hydrogens is 489 g/mol. The number of fused-ring (bicyclic) bond motifs is 5. The summed E-state index contributed by atoms with van der Waals surface area (Å²) in [6.07, 6.45) is 7.55. The Kier molecular flexibility index (Phi) is 8.66. The van der Waals surface area contributed by atoms with Crippen LogP contribution in [0.5, 0.6) is 5.75 Å². The van der Waals surface area contributed by atoms with Crippen molar-refractivity contribution < 1.29 is 19.4 Å². The van der Waals surface area contributed by atoms with Gasteiger partial charge in [0.1, 0.15) is 11.9 Å².